The van der Waals surface area contributed by atoms with Crippen LogP contribution in [0.2, 0.25) is 0 Å². The lowest BCUT2D eigenvalue weighted by Crippen LogP contribution is -2.14. The number of allylic oxidation sites excluding steroid dienone is 7. The van der Waals surface area contributed by atoms with Crippen LogP contribution in [0.1, 0.15) is 43.9 Å². The number of rotatable bonds is 11. The van der Waals surface area contributed by atoms with E-state index in [2.05, 4.69) is 194 Å². The van der Waals surface area contributed by atoms with Gasteiger partial charge >= 0.3 is 0 Å². The van der Waals surface area contributed by atoms with Crippen molar-refractivity contribution in [2.45, 2.75) is 34.1 Å². The van der Waals surface area contributed by atoms with Crippen molar-refractivity contribution >= 4 is 40.1 Å². The highest BCUT2D eigenvalue weighted by molar-refractivity contribution is 5.79. The number of aryl methyl sites for hydroxylation is 1. The molecule has 0 N–H and O–H groups in total. The molecule has 5 aromatic carbocycles. The van der Waals surface area contributed by atoms with E-state index in [1.165, 1.54) is 22.3 Å². The molecule has 0 aromatic heterocycles. The number of anilines is 5. The maximum atomic E-state index is 2.32. The van der Waals surface area contributed by atoms with Gasteiger partial charge < -0.3 is 9.80 Å². The van der Waals surface area contributed by atoms with Gasteiger partial charge in [0.15, 0.2) is 0 Å². The van der Waals surface area contributed by atoms with E-state index in [4.69, 9.17) is 0 Å². The topological polar surface area (TPSA) is 6.48 Å². The summed E-state index contributed by atoms with van der Waals surface area (Å²) in [6.45, 7) is 8.58. The van der Waals surface area contributed by atoms with Crippen LogP contribution in [-0.4, -0.2) is 0 Å². The maximum absolute atomic E-state index is 2.32. The van der Waals surface area contributed by atoms with E-state index < -0.39 is 0 Å². The Morgan fingerprint density at radius 1 is 0.600 bits per heavy atom. The molecule has 0 radical (unpaired) electrons. The molecule has 0 unspecified atom stereocenters. The van der Waals surface area contributed by atoms with Crippen molar-refractivity contribution in [3.63, 3.8) is 0 Å². The summed E-state index contributed by atoms with van der Waals surface area (Å²) >= 11 is 0. The van der Waals surface area contributed by atoms with Gasteiger partial charge in [0.1, 0.15) is 0 Å². The van der Waals surface area contributed by atoms with Crippen LogP contribution in [0.4, 0.5) is 28.4 Å². The Labute approximate surface area is 269 Å². The van der Waals surface area contributed by atoms with Gasteiger partial charge in [-0.15, -0.1) is 0 Å². The van der Waals surface area contributed by atoms with Gasteiger partial charge in [0.2, 0.25) is 0 Å². The minimum absolute atomic E-state index is 0.931. The van der Waals surface area contributed by atoms with E-state index in [1.807, 2.05) is 13.0 Å². The number of nitrogens with zero attached hydrogens (tertiary/aromatic N) is 2. The third kappa shape index (κ3) is 7.99. The first-order valence-electron chi connectivity index (χ1n) is 15.7. The van der Waals surface area contributed by atoms with E-state index >= 15 is 0 Å². The van der Waals surface area contributed by atoms with Gasteiger partial charge in [0, 0.05) is 34.1 Å². The third-order valence-electron chi connectivity index (χ3n) is 7.76. The first kappa shape index (κ1) is 31.1. The fourth-order valence-electron chi connectivity index (χ4n) is 5.51. The Bertz CT molecular complexity index is 1790. The molecule has 5 aromatic rings. The molecule has 0 spiro atoms. The first-order chi connectivity index (χ1) is 22.1. The van der Waals surface area contributed by atoms with E-state index in [0.717, 1.165) is 40.6 Å². The van der Waals surface area contributed by atoms with Gasteiger partial charge in [0.05, 0.1) is 0 Å². The molecule has 0 aliphatic carbocycles. The molecule has 0 atom stereocenters. The Morgan fingerprint density at radius 3 is 1.89 bits per heavy atom. The standard InChI is InChI=1S/C43H42N2/c1-5-7-10-18-36-19-16-25-43(33-36)44(39-20-11-8-12-21-39)35(4)26-27-37(6-2)38-28-30-41(31-29-38)45(40-22-13-9-14-23-40)42-24-15-17-34(3)32-42/h5,7-33H,6H2,1-4H3/b7-5-,18-10-,35-26+,37-27+. The van der Waals surface area contributed by atoms with E-state index in [0.29, 0.717) is 0 Å². The van der Waals surface area contributed by atoms with Crippen molar-refractivity contribution in [3.05, 3.63) is 186 Å². The van der Waals surface area contributed by atoms with Crippen molar-refractivity contribution < 1.29 is 0 Å². The van der Waals surface area contributed by atoms with E-state index in [-0.39, 0.29) is 0 Å². The summed E-state index contributed by atoms with van der Waals surface area (Å²) in [4.78, 5) is 4.63. The molecule has 2 nitrogen and oxygen atoms in total. The number of benzene rings is 5. The molecule has 0 saturated carbocycles. The van der Waals surface area contributed by atoms with Gasteiger partial charge in [-0.1, -0.05) is 110 Å². The van der Waals surface area contributed by atoms with Crippen molar-refractivity contribution in [3.8, 4) is 0 Å². The summed E-state index contributed by atoms with van der Waals surface area (Å²) in [6, 6.07) is 47.4. The largest absolute Gasteiger partial charge is 0.314 e. The van der Waals surface area contributed by atoms with Crippen LogP contribution >= 0.6 is 0 Å². The molecule has 5 rings (SSSR count). The second-order valence-electron chi connectivity index (χ2n) is 11.1. The molecule has 0 fully saturated rings. The van der Waals surface area contributed by atoms with Crippen LogP contribution in [0, 0.1) is 6.92 Å². The maximum Gasteiger partial charge on any atom is 0.0464 e. The molecule has 45 heavy (non-hydrogen) atoms. The smallest absolute Gasteiger partial charge is 0.0464 e. The monoisotopic (exact) mass is 586 g/mol. The molecule has 0 bridgehead atoms. The average Bonchev–Trinajstić information content (AvgIpc) is 3.07. The molecular weight excluding hydrogens is 544 g/mol. The van der Waals surface area contributed by atoms with Crippen LogP contribution in [0.15, 0.2) is 170 Å². The van der Waals surface area contributed by atoms with Crippen molar-refractivity contribution in [1.82, 2.24) is 0 Å². The molecule has 0 saturated heterocycles. The number of hydrogen-bond donors (Lipinski definition) is 0. The highest BCUT2D eigenvalue weighted by Gasteiger charge is 2.14. The zero-order valence-electron chi connectivity index (χ0n) is 26.8. The van der Waals surface area contributed by atoms with Crippen molar-refractivity contribution in [1.29, 1.82) is 0 Å². The summed E-state index contributed by atoms with van der Waals surface area (Å²) in [7, 11) is 0. The normalized spacial score (nSPS) is 12.2. The Hall–Kier alpha value is -5.34. The minimum atomic E-state index is 0.931. The van der Waals surface area contributed by atoms with E-state index in [9.17, 15) is 0 Å². The molecule has 0 heterocycles. The van der Waals surface area contributed by atoms with Crippen LogP contribution in [0.5, 0.6) is 0 Å². The van der Waals surface area contributed by atoms with Gasteiger partial charge in [-0.25, -0.2) is 0 Å². The highest BCUT2D eigenvalue weighted by Crippen LogP contribution is 2.36. The highest BCUT2D eigenvalue weighted by atomic mass is 15.1. The Kier molecular flexibility index (Phi) is 10.6. The summed E-state index contributed by atoms with van der Waals surface area (Å²) in [5.41, 5.74) is 11.8. The molecule has 0 amide bonds. The lowest BCUT2D eigenvalue weighted by atomic mass is 10.0. The van der Waals surface area contributed by atoms with Gasteiger partial charge in [-0.3, -0.25) is 0 Å². The first-order valence-corrected chi connectivity index (χ1v) is 15.7. The van der Waals surface area contributed by atoms with Gasteiger partial charge in [-0.2, -0.15) is 0 Å². The number of para-hydroxylation sites is 2. The Balaban J connectivity index is 1.47. The lowest BCUT2D eigenvalue weighted by Gasteiger charge is -2.26. The summed E-state index contributed by atoms with van der Waals surface area (Å²) in [5.74, 6) is 0. The molecule has 2 heteroatoms. The van der Waals surface area contributed by atoms with E-state index in [1.54, 1.807) is 0 Å². The third-order valence-corrected chi connectivity index (χ3v) is 7.76. The number of hydrogen-bond acceptors (Lipinski definition) is 2. The second kappa shape index (κ2) is 15.4. The minimum Gasteiger partial charge on any atom is -0.314 e. The summed E-state index contributed by atoms with van der Waals surface area (Å²) in [5, 5.41) is 0. The van der Waals surface area contributed by atoms with Gasteiger partial charge in [-0.05, 0) is 116 Å². The second-order valence-corrected chi connectivity index (χ2v) is 11.1. The quantitative estimate of drug-likeness (QED) is 0.142. The zero-order chi connectivity index (χ0) is 31.4. The fraction of sp³-hybridized carbons (Fsp3) is 0.116. The fourth-order valence-corrected chi connectivity index (χ4v) is 5.51. The predicted octanol–water partition coefficient (Wildman–Crippen LogP) is 12.6. The van der Waals surface area contributed by atoms with Gasteiger partial charge in [0.25, 0.3) is 0 Å². The summed E-state index contributed by atoms with van der Waals surface area (Å²) in [6.07, 6.45) is 13.8. The van der Waals surface area contributed by atoms with Crippen molar-refractivity contribution in [2.24, 2.45) is 0 Å². The SMILES string of the molecule is C/C=C\C=C/c1cccc(N(/C(C)=C/C=C(\CC)c2ccc(N(c3ccccc3)c3cccc(C)c3)cc2)c2ccccc2)c1. The van der Waals surface area contributed by atoms with Crippen LogP contribution < -0.4 is 9.80 Å². The predicted molar refractivity (Wildman–Crippen MR) is 197 cm³/mol. The van der Waals surface area contributed by atoms with Crippen LogP contribution in [-0.2, 0) is 0 Å². The van der Waals surface area contributed by atoms with Crippen LogP contribution in [0.25, 0.3) is 11.6 Å². The summed E-state index contributed by atoms with van der Waals surface area (Å²) < 4.78 is 0. The Morgan fingerprint density at radius 2 is 1.22 bits per heavy atom. The molecule has 224 valence electrons. The molecular formula is C43H42N2. The van der Waals surface area contributed by atoms with Crippen molar-refractivity contribution in [2.75, 3.05) is 9.80 Å². The zero-order valence-corrected chi connectivity index (χ0v) is 26.8. The lowest BCUT2D eigenvalue weighted by molar-refractivity contribution is 1.15. The molecule has 0 aliphatic rings. The van der Waals surface area contributed by atoms with Crippen LogP contribution in [0.3, 0.4) is 0 Å². The molecule has 0 aliphatic heterocycles. The average molecular weight is 587 g/mol.